The van der Waals surface area contributed by atoms with Crippen molar-refractivity contribution in [3.8, 4) is 5.69 Å². The van der Waals surface area contributed by atoms with Gasteiger partial charge in [0.2, 0.25) is 5.95 Å². The van der Waals surface area contributed by atoms with Crippen LogP contribution in [0, 0.1) is 13.8 Å². The SMILES string of the molecule is Cc1ccc(-n2nnnc2N2CCC(n3c(C)nc4ccccc43)CC2)cc1. The molecule has 1 fully saturated rings. The Morgan fingerprint density at radius 1 is 0.929 bits per heavy atom. The van der Waals surface area contributed by atoms with E-state index < -0.39 is 0 Å². The molecular weight excluding hydrogens is 350 g/mol. The molecule has 142 valence electrons. The number of imidazole rings is 1. The lowest BCUT2D eigenvalue weighted by Gasteiger charge is -2.33. The maximum Gasteiger partial charge on any atom is 0.250 e. The number of aromatic nitrogens is 6. The van der Waals surface area contributed by atoms with E-state index in [0.29, 0.717) is 6.04 Å². The molecule has 5 rings (SSSR count). The van der Waals surface area contributed by atoms with E-state index in [-0.39, 0.29) is 0 Å². The number of anilines is 1. The van der Waals surface area contributed by atoms with Gasteiger partial charge < -0.3 is 9.47 Å². The summed E-state index contributed by atoms with van der Waals surface area (Å²) >= 11 is 0. The van der Waals surface area contributed by atoms with Crippen LogP contribution in [0.25, 0.3) is 16.7 Å². The Hall–Kier alpha value is -3.22. The summed E-state index contributed by atoms with van der Waals surface area (Å²) in [5.74, 6) is 1.90. The predicted octanol–water partition coefficient (Wildman–Crippen LogP) is 3.47. The van der Waals surface area contributed by atoms with E-state index in [9.17, 15) is 0 Å². The Labute approximate surface area is 163 Å². The molecule has 0 saturated carbocycles. The lowest BCUT2D eigenvalue weighted by molar-refractivity contribution is 0.394. The summed E-state index contributed by atoms with van der Waals surface area (Å²) in [5, 5.41) is 12.4. The molecule has 1 saturated heterocycles. The molecule has 2 aromatic carbocycles. The molecule has 0 N–H and O–H groups in total. The second kappa shape index (κ2) is 6.74. The second-order valence-electron chi connectivity index (χ2n) is 7.46. The fourth-order valence-corrected chi connectivity index (χ4v) is 4.18. The molecule has 0 amide bonds. The molecule has 0 bridgehead atoms. The Balaban J connectivity index is 1.38. The molecule has 4 aromatic rings. The number of fused-ring (bicyclic) bond motifs is 1. The topological polar surface area (TPSA) is 64.7 Å². The maximum absolute atomic E-state index is 4.73. The first-order chi connectivity index (χ1) is 13.7. The number of piperidine rings is 1. The van der Waals surface area contributed by atoms with Gasteiger partial charge in [0, 0.05) is 19.1 Å². The third-order valence-corrected chi connectivity index (χ3v) is 5.62. The molecule has 0 unspecified atom stereocenters. The zero-order valence-electron chi connectivity index (χ0n) is 16.2. The van der Waals surface area contributed by atoms with Gasteiger partial charge in [-0.3, -0.25) is 0 Å². The normalized spacial score (nSPS) is 15.4. The molecule has 0 spiro atoms. The van der Waals surface area contributed by atoms with Gasteiger partial charge in [0.15, 0.2) is 0 Å². The number of hydrogen-bond acceptors (Lipinski definition) is 5. The van der Waals surface area contributed by atoms with Crippen LogP contribution in [0.4, 0.5) is 5.95 Å². The first-order valence-electron chi connectivity index (χ1n) is 9.74. The molecule has 7 nitrogen and oxygen atoms in total. The minimum absolute atomic E-state index is 0.451. The van der Waals surface area contributed by atoms with Crippen LogP contribution in [0.1, 0.15) is 30.3 Å². The summed E-state index contributed by atoms with van der Waals surface area (Å²) in [6.07, 6.45) is 2.09. The highest BCUT2D eigenvalue weighted by Gasteiger charge is 2.26. The highest BCUT2D eigenvalue weighted by Crippen LogP contribution is 2.30. The molecule has 0 atom stereocenters. The quantitative estimate of drug-likeness (QED) is 0.550. The van der Waals surface area contributed by atoms with Crippen LogP contribution in [-0.4, -0.2) is 42.8 Å². The average molecular weight is 373 g/mol. The third kappa shape index (κ3) is 2.83. The van der Waals surface area contributed by atoms with Gasteiger partial charge in [0.05, 0.1) is 16.7 Å². The average Bonchev–Trinajstić information content (AvgIpc) is 3.33. The van der Waals surface area contributed by atoms with Crippen LogP contribution in [0.5, 0.6) is 0 Å². The van der Waals surface area contributed by atoms with Gasteiger partial charge in [0.25, 0.3) is 0 Å². The molecule has 0 aliphatic carbocycles. The number of aryl methyl sites for hydroxylation is 2. The van der Waals surface area contributed by atoms with Gasteiger partial charge in [-0.1, -0.05) is 34.9 Å². The van der Waals surface area contributed by atoms with Crippen molar-refractivity contribution >= 4 is 17.0 Å². The van der Waals surface area contributed by atoms with Crippen molar-refractivity contribution in [2.75, 3.05) is 18.0 Å². The molecule has 1 aliphatic heterocycles. The number of benzene rings is 2. The third-order valence-electron chi connectivity index (χ3n) is 5.62. The monoisotopic (exact) mass is 373 g/mol. The maximum atomic E-state index is 4.73. The van der Waals surface area contributed by atoms with Crippen LogP contribution in [0.2, 0.25) is 0 Å². The van der Waals surface area contributed by atoms with Crippen LogP contribution < -0.4 is 4.90 Å². The minimum Gasteiger partial charge on any atom is -0.339 e. The second-order valence-corrected chi connectivity index (χ2v) is 7.46. The zero-order chi connectivity index (χ0) is 19.1. The number of rotatable bonds is 3. The van der Waals surface area contributed by atoms with E-state index in [1.807, 2.05) is 10.7 Å². The summed E-state index contributed by atoms with van der Waals surface area (Å²) in [7, 11) is 0. The zero-order valence-corrected chi connectivity index (χ0v) is 16.2. The van der Waals surface area contributed by atoms with Crippen LogP contribution in [-0.2, 0) is 0 Å². The Kier molecular flexibility index (Phi) is 4.07. The largest absolute Gasteiger partial charge is 0.339 e. The van der Waals surface area contributed by atoms with Crippen molar-refractivity contribution in [2.24, 2.45) is 0 Å². The van der Waals surface area contributed by atoms with Crippen molar-refractivity contribution < 1.29 is 0 Å². The van der Waals surface area contributed by atoms with Crippen molar-refractivity contribution in [3.05, 3.63) is 59.9 Å². The van der Waals surface area contributed by atoms with Crippen LogP contribution in [0.15, 0.2) is 48.5 Å². The fourth-order valence-electron chi connectivity index (χ4n) is 4.18. The van der Waals surface area contributed by atoms with Crippen molar-refractivity contribution in [2.45, 2.75) is 32.7 Å². The predicted molar refractivity (Wildman–Crippen MR) is 109 cm³/mol. The van der Waals surface area contributed by atoms with E-state index in [1.54, 1.807) is 0 Å². The number of hydrogen-bond donors (Lipinski definition) is 0. The summed E-state index contributed by atoms with van der Waals surface area (Å²) in [4.78, 5) is 7.01. The molecule has 7 heteroatoms. The fraction of sp³-hybridized carbons (Fsp3) is 0.333. The summed E-state index contributed by atoms with van der Waals surface area (Å²) in [6.45, 7) is 6.02. The van der Waals surface area contributed by atoms with Crippen LogP contribution in [0.3, 0.4) is 0 Å². The van der Waals surface area contributed by atoms with Gasteiger partial charge in [-0.2, -0.15) is 4.68 Å². The first kappa shape index (κ1) is 16.9. The van der Waals surface area contributed by atoms with Gasteiger partial charge in [-0.25, -0.2) is 4.98 Å². The van der Waals surface area contributed by atoms with E-state index in [2.05, 4.69) is 81.3 Å². The number of tetrazole rings is 1. The van der Waals surface area contributed by atoms with E-state index in [0.717, 1.165) is 48.9 Å². The molecule has 3 heterocycles. The molecule has 0 radical (unpaired) electrons. The van der Waals surface area contributed by atoms with Crippen molar-refractivity contribution in [1.82, 2.24) is 29.8 Å². The first-order valence-corrected chi connectivity index (χ1v) is 9.74. The van der Waals surface area contributed by atoms with E-state index >= 15 is 0 Å². The Bertz CT molecular complexity index is 1100. The molecule has 1 aliphatic rings. The van der Waals surface area contributed by atoms with Gasteiger partial charge in [-0.15, -0.1) is 0 Å². The molecular formula is C21H23N7. The number of nitrogens with zero attached hydrogens (tertiary/aromatic N) is 7. The van der Waals surface area contributed by atoms with E-state index in [4.69, 9.17) is 4.98 Å². The van der Waals surface area contributed by atoms with Gasteiger partial charge >= 0.3 is 0 Å². The van der Waals surface area contributed by atoms with Crippen molar-refractivity contribution in [1.29, 1.82) is 0 Å². The summed E-state index contributed by atoms with van der Waals surface area (Å²) < 4.78 is 4.23. The smallest absolute Gasteiger partial charge is 0.250 e. The van der Waals surface area contributed by atoms with E-state index in [1.165, 1.54) is 11.1 Å². The number of para-hydroxylation sites is 2. The van der Waals surface area contributed by atoms with Gasteiger partial charge in [-0.05, 0) is 61.4 Å². The lowest BCUT2D eigenvalue weighted by atomic mass is 10.0. The van der Waals surface area contributed by atoms with Gasteiger partial charge in [0.1, 0.15) is 5.82 Å². The van der Waals surface area contributed by atoms with Crippen LogP contribution >= 0.6 is 0 Å². The minimum atomic E-state index is 0.451. The highest BCUT2D eigenvalue weighted by molar-refractivity contribution is 5.76. The highest BCUT2D eigenvalue weighted by atomic mass is 15.6. The molecule has 2 aromatic heterocycles. The summed E-state index contributed by atoms with van der Waals surface area (Å²) in [5.41, 5.74) is 4.51. The summed E-state index contributed by atoms with van der Waals surface area (Å²) in [6, 6.07) is 17.1. The van der Waals surface area contributed by atoms with Crippen molar-refractivity contribution in [3.63, 3.8) is 0 Å². The molecule has 28 heavy (non-hydrogen) atoms. The Morgan fingerprint density at radius 2 is 1.68 bits per heavy atom. The standard InChI is InChI=1S/C21H23N7/c1-15-7-9-18(10-8-15)28-21(23-24-25-28)26-13-11-17(12-14-26)27-16(2)22-19-5-3-4-6-20(19)27/h3-10,17H,11-14H2,1-2H3. The Morgan fingerprint density at radius 3 is 2.46 bits per heavy atom. The lowest BCUT2D eigenvalue weighted by Crippen LogP contribution is -2.36.